The Morgan fingerprint density at radius 1 is 1.09 bits per heavy atom. The summed E-state index contributed by atoms with van der Waals surface area (Å²) in [5, 5.41) is 0. The van der Waals surface area contributed by atoms with Crippen LogP contribution in [0.15, 0.2) is 42.5 Å². The highest BCUT2D eigenvalue weighted by atomic mass is 16.5. The molecular weight excluding hydrogens is 276 g/mol. The van der Waals surface area contributed by atoms with Gasteiger partial charge >= 0.3 is 0 Å². The number of hydrogen-bond acceptors (Lipinski definition) is 3. The maximum atomic E-state index is 12.0. The lowest BCUT2D eigenvalue weighted by Crippen LogP contribution is -2.04. The molecular formula is C19H22O3. The van der Waals surface area contributed by atoms with Gasteiger partial charge < -0.3 is 9.47 Å². The van der Waals surface area contributed by atoms with Crippen molar-refractivity contribution >= 4 is 5.78 Å². The van der Waals surface area contributed by atoms with Crippen LogP contribution in [0.4, 0.5) is 0 Å². The fourth-order valence-corrected chi connectivity index (χ4v) is 2.29. The van der Waals surface area contributed by atoms with Crippen LogP contribution in [0.1, 0.15) is 33.5 Å². The number of ketones is 1. The Labute approximate surface area is 131 Å². The summed E-state index contributed by atoms with van der Waals surface area (Å²) in [6.07, 6.45) is 0.402. The van der Waals surface area contributed by atoms with E-state index < -0.39 is 0 Å². The minimum absolute atomic E-state index is 0.0928. The van der Waals surface area contributed by atoms with Gasteiger partial charge in [0.25, 0.3) is 0 Å². The molecule has 0 atom stereocenters. The summed E-state index contributed by atoms with van der Waals surface area (Å²) in [7, 11) is 1.60. The number of Topliss-reactive ketones (excluding diaryl/α,β-unsaturated/α-hetero) is 1. The summed E-state index contributed by atoms with van der Waals surface area (Å²) in [5.74, 6) is 0.903. The average Bonchev–Trinajstić information content (AvgIpc) is 2.51. The summed E-state index contributed by atoms with van der Waals surface area (Å²) in [4.78, 5) is 12.0. The highest BCUT2D eigenvalue weighted by Gasteiger charge is 2.08. The number of carbonyl (C=O) groups is 1. The Hall–Kier alpha value is -2.13. The monoisotopic (exact) mass is 298 g/mol. The molecule has 0 aliphatic carbocycles. The maximum absolute atomic E-state index is 12.0. The zero-order valence-electron chi connectivity index (χ0n) is 13.4. The molecule has 0 aromatic heterocycles. The second-order valence-electron chi connectivity index (χ2n) is 5.42. The van der Waals surface area contributed by atoms with E-state index >= 15 is 0 Å². The van der Waals surface area contributed by atoms with Crippen molar-refractivity contribution in [3.05, 3.63) is 64.7 Å². The zero-order valence-corrected chi connectivity index (χ0v) is 13.4. The van der Waals surface area contributed by atoms with Gasteiger partial charge in [-0.15, -0.1) is 0 Å². The van der Waals surface area contributed by atoms with Crippen molar-refractivity contribution in [1.29, 1.82) is 0 Å². The molecule has 0 saturated carbocycles. The molecule has 2 rings (SSSR count). The summed E-state index contributed by atoms with van der Waals surface area (Å²) in [6.45, 7) is 5.00. The van der Waals surface area contributed by atoms with Crippen molar-refractivity contribution in [2.75, 3.05) is 13.7 Å². The third kappa shape index (κ3) is 4.43. The molecule has 0 unspecified atom stereocenters. The van der Waals surface area contributed by atoms with Gasteiger partial charge in [0.2, 0.25) is 0 Å². The normalized spacial score (nSPS) is 10.5. The molecule has 0 aliphatic heterocycles. The summed E-state index contributed by atoms with van der Waals surface area (Å²) in [6, 6.07) is 13.8. The second-order valence-corrected chi connectivity index (χ2v) is 5.42. The molecule has 2 aromatic rings. The maximum Gasteiger partial charge on any atom is 0.165 e. The Kier molecular flexibility index (Phi) is 5.73. The summed E-state index contributed by atoms with van der Waals surface area (Å²) >= 11 is 0. The molecule has 0 fully saturated rings. The van der Waals surface area contributed by atoms with Crippen LogP contribution in [-0.2, 0) is 11.3 Å². The molecule has 3 heteroatoms. The lowest BCUT2D eigenvalue weighted by molar-refractivity contribution is 0.0932. The molecule has 0 saturated heterocycles. The first-order valence-electron chi connectivity index (χ1n) is 7.41. The van der Waals surface area contributed by atoms with Crippen molar-refractivity contribution in [3.8, 4) is 5.75 Å². The fraction of sp³-hybridized carbons (Fsp3) is 0.316. The molecule has 116 valence electrons. The third-order valence-corrected chi connectivity index (χ3v) is 3.51. The number of aryl methyl sites for hydroxylation is 2. The smallest absolute Gasteiger partial charge is 0.165 e. The molecule has 0 bridgehead atoms. The van der Waals surface area contributed by atoms with Gasteiger partial charge in [0.15, 0.2) is 5.78 Å². The van der Waals surface area contributed by atoms with E-state index in [0.717, 1.165) is 16.9 Å². The predicted octanol–water partition coefficient (Wildman–Crippen LogP) is 4.10. The minimum atomic E-state index is 0.0928. The number of methoxy groups -OCH3 is 1. The molecule has 0 spiro atoms. The first kappa shape index (κ1) is 16.2. The number of ether oxygens (including phenoxy) is 2. The van der Waals surface area contributed by atoms with E-state index in [4.69, 9.17) is 9.47 Å². The number of carbonyl (C=O) groups excluding carboxylic acids is 1. The molecule has 0 heterocycles. The van der Waals surface area contributed by atoms with Crippen LogP contribution < -0.4 is 4.74 Å². The lowest BCUT2D eigenvalue weighted by atomic mass is 10.1. The third-order valence-electron chi connectivity index (χ3n) is 3.51. The lowest BCUT2D eigenvalue weighted by Gasteiger charge is -2.11. The van der Waals surface area contributed by atoms with Gasteiger partial charge in [0.1, 0.15) is 12.4 Å². The molecule has 0 amide bonds. The highest BCUT2D eigenvalue weighted by Crippen LogP contribution is 2.21. The van der Waals surface area contributed by atoms with Gasteiger partial charge in [-0.25, -0.2) is 0 Å². The van der Waals surface area contributed by atoms with Crippen LogP contribution in [0.3, 0.4) is 0 Å². The van der Waals surface area contributed by atoms with Crippen molar-refractivity contribution < 1.29 is 14.3 Å². The highest BCUT2D eigenvalue weighted by molar-refractivity contribution is 5.96. The quantitative estimate of drug-likeness (QED) is 0.722. The van der Waals surface area contributed by atoms with Gasteiger partial charge in [-0.05, 0) is 43.2 Å². The van der Waals surface area contributed by atoms with Crippen LogP contribution in [0.2, 0.25) is 0 Å². The van der Waals surface area contributed by atoms with Crippen molar-refractivity contribution in [3.63, 3.8) is 0 Å². The molecule has 0 aliphatic rings. The first-order valence-corrected chi connectivity index (χ1v) is 7.41. The zero-order chi connectivity index (χ0) is 15.9. The van der Waals surface area contributed by atoms with Gasteiger partial charge in [-0.3, -0.25) is 4.79 Å². The van der Waals surface area contributed by atoms with Gasteiger partial charge in [0, 0.05) is 19.1 Å². The Balaban J connectivity index is 2.02. The number of benzene rings is 2. The summed E-state index contributed by atoms with van der Waals surface area (Å²) in [5.41, 5.74) is 4.03. The van der Waals surface area contributed by atoms with E-state index in [1.54, 1.807) is 7.11 Å². The van der Waals surface area contributed by atoms with Crippen LogP contribution in [0, 0.1) is 13.8 Å². The first-order chi connectivity index (χ1) is 10.6. The standard InChI is InChI=1S/C19H22O3/c1-14-5-4-6-16(11-14)13-22-19-8-7-17(12-15(19)2)18(20)9-10-21-3/h4-8,11-12H,9-10,13H2,1-3H3. The van der Waals surface area contributed by atoms with Gasteiger partial charge in [-0.2, -0.15) is 0 Å². The summed E-state index contributed by atoms with van der Waals surface area (Å²) < 4.78 is 10.8. The average molecular weight is 298 g/mol. The Bertz CT molecular complexity index is 647. The van der Waals surface area contributed by atoms with Crippen molar-refractivity contribution in [1.82, 2.24) is 0 Å². The SMILES string of the molecule is COCCC(=O)c1ccc(OCc2cccc(C)c2)c(C)c1. The molecule has 22 heavy (non-hydrogen) atoms. The number of rotatable bonds is 7. The minimum Gasteiger partial charge on any atom is -0.489 e. The van der Waals surface area contributed by atoms with Crippen LogP contribution in [0.5, 0.6) is 5.75 Å². The van der Waals surface area contributed by atoms with E-state index in [1.165, 1.54) is 5.56 Å². The van der Waals surface area contributed by atoms with Crippen molar-refractivity contribution in [2.45, 2.75) is 26.9 Å². The topological polar surface area (TPSA) is 35.5 Å². The van der Waals surface area contributed by atoms with E-state index in [9.17, 15) is 4.79 Å². The van der Waals surface area contributed by atoms with Crippen LogP contribution in [0.25, 0.3) is 0 Å². The predicted molar refractivity (Wildman–Crippen MR) is 87.5 cm³/mol. The van der Waals surface area contributed by atoms with E-state index in [2.05, 4.69) is 19.1 Å². The van der Waals surface area contributed by atoms with Gasteiger partial charge in [-0.1, -0.05) is 29.8 Å². The number of hydrogen-bond donors (Lipinski definition) is 0. The van der Waals surface area contributed by atoms with Crippen molar-refractivity contribution in [2.24, 2.45) is 0 Å². The van der Waals surface area contributed by atoms with Crippen LogP contribution >= 0.6 is 0 Å². The molecule has 0 N–H and O–H groups in total. The van der Waals surface area contributed by atoms with E-state index in [1.807, 2.05) is 37.3 Å². The van der Waals surface area contributed by atoms with Gasteiger partial charge in [0.05, 0.1) is 6.61 Å². The van der Waals surface area contributed by atoms with Crippen LogP contribution in [-0.4, -0.2) is 19.5 Å². The molecule has 3 nitrogen and oxygen atoms in total. The van der Waals surface area contributed by atoms with E-state index in [0.29, 0.717) is 25.2 Å². The second kappa shape index (κ2) is 7.76. The Morgan fingerprint density at radius 3 is 2.59 bits per heavy atom. The van der Waals surface area contributed by atoms with E-state index in [-0.39, 0.29) is 5.78 Å². The largest absolute Gasteiger partial charge is 0.489 e. The molecule has 2 aromatic carbocycles. The molecule has 0 radical (unpaired) electrons. The fourth-order valence-electron chi connectivity index (χ4n) is 2.29. The Morgan fingerprint density at radius 2 is 1.91 bits per heavy atom.